The molecule has 0 radical (unpaired) electrons. The van der Waals surface area contributed by atoms with Crippen LogP contribution in [0.5, 0.6) is 0 Å². The molecule has 0 bridgehead atoms. The monoisotopic (exact) mass is 485 g/mol. The van der Waals surface area contributed by atoms with E-state index in [0.29, 0.717) is 16.4 Å². The summed E-state index contributed by atoms with van der Waals surface area (Å²) in [4.78, 5) is 16.2. The molecule has 0 fully saturated rings. The topological polar surface area (TPSA) is 76.7 Å². The number of amidine groups is 1. The van der Waals surface area contributed by atoms with E-state index in [4.69, 9.17) is 9.26 Å². The molecule has 1 atom stereocenters. The Balaban J connectivity index is 0.00000199. The minimum absolute atomic E-state index is 0.210. The molecule has 182 valence electrons. The Morgan fingerprint density at radius 1 is 1.15 bits per heavy atom. The first-order valence-corrected chi connectivity index (χ1v) is 12.3. The summed E-state index contributed by atoms with van der Waals surface area (Å²) in [5.41, 5.74) is 2.12. The molecule has 8 heteroatoms. The fourth-order valence-corrected chi connectivity index (χ4v) is 3.34. The summed E-state index contributed by atoms with van der Waals surface area (Å²) in [7, 11) is 0. The Labute approximate surface area is 205 Å². The van der Waals surface area contributed by atoms with Crippen molar-refractivity contribution < 1.29 is 18.4 Å². The number of alkyl carbamates (subject to hydrolysis) is 1. The number of carbonyl (C=O) groups excluding carboxylic acids is 1. The van der Waals surface area contributed by atoms with Crippen LogP contribution in [0.2, 0.25) is 0 Å². The molecule has 1 amide bonds. The number of benzene rings is 2. The van der Waals surface area contributed by atoms with Gasteiger partial charge in [0.15, 0.2) is 5.17 Å². The van der Waals surface area contributed by atoms with Gasteiger partial charge in [-0.3, -0.25) is 5.32 Å². The number of amides is 1. The van der Waals surface area contributed by atoms with E-state index in [1.165, 1.54) is 17.8 Å². The van der Waals surface area contributed by atoms with Gasteiger partial charge in [-0.15, -0.1) is 0 Å². The van der Waals surface area contributed by atoms with Crippen molar-refractivity contribution in [2.45, 2.75) is 53.1 Å². The van der Waals surface area contributed by atoms with Crippen LogP contribution in [0.15, 0.2) is 64.1 Å². The number of aliphatic imine (C=N–C) groups is 1. The van der Waals surface area contributed by atoms with Crippen molar-refractivity contribution in [1.29, 1.82) is 0 Å². The first-order chi connectivity index (χ1) is 16.2. The zero-order chi connectivity index (χ0) is 25.3. The van der Waals surface area contributed by atoms with Crippen molar-refractivity contribution in [3.05, 3.63) is 71.7 Å². The maximum absolute atomic E-state index is 14.8. The van der Waals surface area contributed by atoms with Crippen molar-refractivity contribution in [3.8, 4) is 11.1 Å². The average Bonchev–Trinajstić information content (AvgIpc) is 3.27. The Kier molecular flexibility index (Phi) is 9.86. The summed E-state index contributed by atoms with van der Waals surface area (Å²) in [6.45, 7) is 11.3. The van der Waals surface area contributed by atoms with Crippen molar-refractivity contribution in [3.63, 3.8) is 0 Å². The summed E-state index contributed by atoms with van der Waals surface area (Å²) in [6, 6.07) is 16.2. The molecule has 1 aromatic heterocycles. The first kappa shape index (κ1) is 27.1. The maximum Gasteiger partial charge on any atom is 0.413 e. The van der Waals surface area contributed by atoms with Crippen LogP contribution in [-0.4, -0.2) is 28.3 Å². The lowest BCUT2D eigenvalue weighted by Gasteiger charge is -2.19. The predicted molar refractivity (Wildman–Crippen MR) is 137 cm³/mol. The van der Waals surface area contributed by atoms with Gasteiger partial charge in [-0.05, 0) is 44.2 Å². The average molecular weight is 486 g/mol. The van der Waals surface area contributed by atoms with Gasteiger partial charge in [0.05, 0.1) is 5.69 Å². The van der Waals surface area contributed by atoms with Crippen LogP contribution in [0.25, 0.3) is 11.1 Å². The molecule has 0 saturated heterocycles. The number of thioether (sulfide) groups is 1. The Bertz CT molecular complexity index is 1110. The second kappa shape index (κ2) is 12.4. The van der Waals surface area contributed by atoms with Crippen LogP contribution in [0.4, 0.5) is 15.1 Å². The molecule has 0 aliphatic heterocycles. The number of nitrogens with zero attached hydrogens (tertiary/aromatic N) is 2. The molecule has 0 saturated carbocycles. The summed E-state index contributed by atoms with van der Waals surface area (Å²) < 4.78 is 25.3. The lowest BCUT2D eigenvalue weighted by atomic mass is 9.95. The van der Waals surface area contributed by atoms with Crippen molar-refractivity contribution in [2.24, 2.45) is 4.99 Å². The van der Waals surface area contributed by atoms with Crippen LogP contribution in [0.3, 0.4) is 0 Å². The van der Waals surface area contributed by atoms with Gasteiger partial charge in [0.2, 0.25) is 0 Å². The van der Waals surface area contributed by atoms with Crippen LogP contribution in [0, 0.1) is 5.82 Å². The summed E-state index contributed by atoms with van der Waals surface area (Å²) >= 11 is 1.24. The van der Waals surface area contributed by atoms with Gasteiger partial charge in [0.1, 0.15) is 11.4 Å². The first-order valence-electron chi connectivity index (χ1n) is 11.1. The fourth-order valence-electron chi connectivity index (χ4n) is 2.97. The van der Waals surface area contributed by atoms with E-state index in [2.05, 4.69) is 15.5 Å². The highest BCUT2D eigenvalue weighted by atomic mass is 32.2. The molecule has 3 rings (SSSR count). The van der Waals surface area contributed by atoms with Crippen molar-refractivity contribution in [1.82, 2.24) is 10.5 Å². The molecule has 1 heterocycles. The number of rotatable bonds is 4. The quantitative estimate of drug-likeness (QED) is 0.305. The Morgan fingerprint density at radius 2 is 1.82 bits per heavy atom. The Morgan fingerprint density at radius 3 is 2.41 bits per heavy atom. The standard InChI is InChI=1S/C24H26FN3O3S.C2H6/c1-15(17-11-12-18(19(25)13-17)16-9-7-6-8-10-16)20-14-21(31-28-20)26-22(32-5)27-23(29)30-24(2,3)4;1-2/h6-15H,1-5H3,(H,26,27,29);1-2H3. The van der Waals surface area contributed by atoms with Crippen molar-refractivity contribution >= 4 is 28.9 Å². The van der Waals surface area contributed by atoms with Gasteiger partial charge < -0.3 is 9.26 Å². The highest BCUT2D eigenvalue weighted by molar-refractivity contribution is 8.13. The zero-order valence-corrected chi connectivity index (χ0v) is 21.5. The second-order valence-corrected chi connectivity index (χ2v) is 8.96. The van der Waals surface area contributed by atoms with Crippen molar-refractivity contribution in [2.75, 3.05) is 6.26 Å². The summed E-state index contributed by atoms with van der Waals surface area (Å²) in [5.74, 6) is -0.277. The second-order valence-electron chi connectivity index (χ2n) is 8.16. The van der Waals surface area contributed by atoms with E-state index in [9.17, 15) is 9.18 Å². The van der Waals surface area contributed by atoms with Crippen LogP contribution in [0.1, 0.15) is 58.7 Å². The largest absolute Gasteiger partial charge is 0.444 e. The van der Waals surface area contributed by atoms with Gasteiger partial charge in [0, 0.05) is 17.5 Å². The molecule has 1 N–H and O–H groups in total. The minimum Gasteiger partial charge on any atom is -0.444 e. The molecule has 0 aliphatic rings. The minimum atomic E-state index is -0.617. The Hall–Kier alpha value is -3.13. The lowest BCUT2D eigenvalue weighted by Crippen LogP contribution is -2.35. The number of hydrogen-bond donors (Lipinski definition) is 1. The van der Waals surface area contributed by atoms with Gasteiger partial charge >= 0.3 is 6.09 Å². The van der Waals surface area contributed by atoms with E-state index in [0.717, 1.165) is 11.1 Å². The molecule has 3 aromatic rings. The summed E-state index contributed by atoms with van der Waals surface area (Å²) in [6.07, 6.45) is 1.17. The van der Waals surface area contributed by atoms with Gasteiger partial charge in [-0.2, -0.15) is 4.99 Å². The third kappa shape index (κ3) is 7.73. The third-order valence-corrected chi connectivity index (χ3v) is 5.13. The van der Waals surface area contributed by atoms with Crippen LogP contribution in [-0.2, 0) is 4.74 Å². The summed E-state index contributed by atoms with van der Waals surface area (Å²) in [5, 5.41) is 6.97. The molecule has 0 spiro atoms. The van der Waals surface area contributed by atoms with E-state index in [1.807, 2.05) is 57.2 Å². The van der Waals surface area contributed by atoms with Gasteiger partial charge in [0.25, 0.3) is 5.88 Å². The van der Waals surface area contributed by atoms with Crippen LogP contribution >= 0.6 is 11.8 Å². The smallest absolute Gasteiger partial charge is 0.413 e. The highest BCUT2D eigenvalue weighted by Gasteiger charge is 2.19. The number of hydrogen-bond acceptors (Lipinski definition) is 6. The number of aromatic nitrogens is 1. The highest BCUT2D eigenvalue weighted by Crippen LogP contribution is 2.30. The van der Waals surface area contributed by atoms with Gasteiger partial charge in [-0.25, -0.2) is 9.18 Å². The number of nitrogens with one attached hydrogen (secondary N) is 1. The molecular formula is C26H32FN3O3S. The van der Waals surface area contributed by atoms with E-state index in [1.54, 1.807) is 39.2 Å². The molecular weight excluding hydrogens is 453 g/mol. The molecule has 1 unspecified atom stereocenters. The van der Waals surface area contributed by atoms with Crippen LogP contribution < -0.4 is 5.32 Å². The molecule has 34 heavy (non-hydrogen) atoms. The maximum atomic E-state index is 14.8. The number of halogens is 1. The molecule has 2 aromatic carbocycles. The number of carbonyl (C=O) groups is 1. The lowest BCUT2D eigenvalue weighted by molar-refractivity contribution is 0.0564. The SMILES string of the molecule is CC.CSC(=Nc1cc(C(C)c2ccc(-c3ccccc3)c(F)c2)no1)NC(=O)OC(C)(C)C. The fraction of sp³-hybridized carbons (Fsp3) is 0.346. The van der Waals surface area contributed by atoms with Gasteiger partial charge in [-0.1, -0.05) is 80.2 Å². The molecule has 0 aliphatic carbocycles. The van der Waals surface area contributed by atoms with E-state index in [-0.39, 0.29) is 17.6 Å². The third-order valence-electron chi connectivity index (χ3n) is 4.55. The molecule has 6 nitrogen and oxygen atoms in total. The zero-order valence-electron chi connectivity index (χ0n) is 20.7. The number of ether oxygens (including phenoxy) is 1. The van der Waals surface area contributed by atoms with E-state index < -0.39 is 11.7 Å². The normalized spacial score (nSPS) is 12.4. The van der Waals surface area contributed by atoms with E-state index >= 15 is 0 Å². The predicted octanol–water partition coefficient (Wildman–Crippen LogP) is 7.53.